The van der Waals surface area contributed by atoms with Crippen molar-refractivity contribution in [1.29, 1.82) is 0 Å². The molecular weight excluding hydrogens is 302 g/mol. The van der Waals surface area contributed by atoms with Gasteiger partial charge in [-0.3, -0.25) is 9.59 Å². The third-order valence-electron chi connectivity index (χ3n) is 4.56. The number of benzene rings is 2. The number of likely N-dealkylation sites (tertiary alicyclic amines) is 1. The highest BCUT2D eigenvalue weighted by Crippen LogP contribution is 2.18. The molecule has 1 fully saturated rings. The number of nitrogens with two attached hydrogens (primary N) is 1. The molecule has 2 aromatic carbocycles. The number of hydrogen-bond donors (Lipinski definition) is 2. The number of carbonyl (C=O) groups excluding carboxylic acids is 2. The Bertz CT molecular complexity index is 731. The van der Waals surface area contributed by atoms with Crippen molar-refractivity contribution in [2.24, 2.45) is 5.73 Å². The van der Waals surface area contributed by atoms with Gasteiger partial charge in [-0.25, -0.2) is 0 Å². The monoisotopic (exact) mass is 325 g/mol. The molecule has 5 nitrogen and oxygen atoms in total. The highest BCUT2D eigenvalue weighted by atomic mass is 16.2. The van der Waals surface area contributed by atoms with Gasteiger partial charge in [0, 0.05) is 19.1 Å². The van der Waals surface area contributed by atoms with E-state index in [0.717, 1.165) is 29.2 Å². The second-order valence-corrected chi connectivity index (χ2v) is 6.31. The summed E-state index contributed by atoms with van der Waals surface area (Å²) >= 11 is 0. The fraction of sp³-hybridized carbons (Fsp3) is 0.368. The summed E-state index contributed by atoms with van der Waals surface area (Å²) in [5.41, 5.74) is 6.82. The van der Waals surface area contributed by atoms with Crippen LogP contribution in [0.15, 0.2) is 42.5 Å². The molecule has 5 heteroatoms. The van der Waals surface area contributed by atoms with E-state index in [9.17, 15) is 9.59 Å². The molecule has 3 rings (SSSR count). The van der Waals surface area contributed by atoms with Gasteiger partial charge in [0.2, 0.25) is 11.8 Å². The molecule has 0 aromatic heterocycles. The van der Waals surface area contributed by atoms with E-state index in [1.54, 1.807) is 4.90 Å². The summed E-state index contributed by atoms with van der Waals surface area (Å²) in [6, 6.07) is 14.1. The van der Waals surface area contributed by atoms with Crippen LogP contribution in [-0.4, -0.2) is 42.4 Å². The molecule has 1 aliphatic rings. The van der Waals surface area contributed by atoms with Crippen molar-refractivity contribution in [1.82, 2.24) is 10.2 Å². The number of nitrogens with one attached hydrogen (secondary N) is 1. The highest BCUT2D eigenvalue weighted by Gasteiger charge is 2.20. The zero-order valence-electron chi connectivity index (χ0n) is 13.7. The first-order valence-corrected chi connectivity index (χ1v) is 8.40. The van der Waals surface area contributed by atoms with Crippen LogP contribution in [-0.2, 0) is 16.0 Å². The van der Waals surface area contributed by atoms with Gasteiger partial charge in [-0.05, 0) is 29.2 Å². The fourth-order valence-corrected chi connectivity index (χ4v) is 3.12. The third-order valence-corrected chi connectivity index (χ3v) is 4.56. The molecule has 0 radical (unpaired) electrons. The van der Waals surface area contributed by atoms with E-state index in [1.807, 2.05) is 42.5 Å². The molecule has 0 bridgehead atoms. The van der Waals surface area contributed by atoms with Gasteiger partial charge in [-0.2, -0.15) is 0 Å². The van der Waals surface area contributed by atoms with Crippen LogP contribution in [0.2, 0.25) is 0 Å². The van der Waals surface area contributed by atoms with E-state index in [4.69, 9.17) is 5.73 Å². The molecule has 0 spiro atoms. The Morgan fingerprint density at radius 1 is 1.08 bits per heavy atom. The molecule has 2 amide bonds. The number of fused-ring (bicyclic) bond motifs is 1. The maximum absolute atomic E-state index is 12.2. The molecule has 3 N–H and O–H groups in total. The summed E-state index contributed by atoms with van der Waals surface area (Å²) < 4.78 is 0. The van der Waals surface area contributed by atoms with Gasteiger partial charge in [0.15, 0.2) is 0 Å². The maximum atomic E-state index is 12.2. The molecule has 0 unspecified atom stereocenters. The van der Waals surface area contributed by atoms with E-state index in [-0.39, 0.29) is 30.8 Å². The summed E-state index contributed by atoms with van der Waals surface area (Å²) in [4.78, 5) is 26.1. The second kappa shape index (κ2) is 7.45. The minimum atomic E-state index is -0.131. The first kappa shape index (κ1) is 16.5. The van der Waals surface area contributed by atoms with Crippen LogP contribution in [0.4, 0.5) is 0 Å². The lowest BCUT2D eigenvalue weighted by atomic mass is 10.0. The predicted octanol–water partition coefficient (Wildman–Crippen LogP) is 1.45. The number of hydrogen-bond acceptors (Lipinski definition) is 3. The zero-order valence-corrected chi connectivity index (χ0v) is 13.7. The SMILES string of the molecule is NC1CCN(C(=O)CNC(=O)Cc2cccc3ccccc23)CC1. The molecule has 0 aliphatic carbocycles. The molecule has 1 aliphatic heterocycles. The zero-order chi connectivity index (χ0) is 16.9. The van der Waals surface area contributed by atoms with Crippen LogP contribution in [0.1, 0.15) is 18.4 Å². The van der Waals surface area contributed by atoms with E-state index < -0.39 is 0 Å². The number of rotatable bonds is 4. The lowest BCUT2D eigenvalue weighted by Crippen LogP contribution is -2.46. The average Bonchev–Trinajstić information content (AvgIpc) is 2.61. The van der Waals surface area contributed by atoms with Crippen molar-refractivity contribution in [2.75, 3.05) is 19.6 Å². The molecule has 1 heterocycles. The maximum Gasteiger partial charge on any atom is 0.241 e. The first-order chi connectivity index (χ1) is 11.6. The summed E-state index contributed by atoms with van der Waals surface area (Å²) in [6.45, 7) is 1.41. The minimum absolute atomic E-state index is 0.0341. The Morgan fingerprint density at radius 3 is 2.58 bits per heavy atom. The Morgan fingerprint density at radius 2 is 1.79 bits per heavy atom. The average molecular weight is 325 g/mol. The molecule has 24 heavy (non-hydrogen) atoms. The van der Waals surface area contributed by atoms with Gasteiger partial charge < -0.3 is 16.0 Å². The molecule has 1 saturated heterocycles. The van der Waals surface area contributed by atoms with E-state index in [2.05, 4.69) is 5.32 Å². The molecule has 0 saturated carbocycles. The summed E-state index contributed by atoms with van der Waals surface area (Å²) in [5.74, 6) is -0.165. The Hall–Kier alpha value is -2.40. The van der Waals surface area contributed by atoms with Crippen molar-refractivity contribution < 1.29 is 9.59 Å². The Kier molecular flexibility index (Phi) is 5.11. The van der Waals surface area contributed by atoms with Gasteiger partial charge in [0.25, 0.3) is 0 Å². The Balaban J connectivity index is 1.55. The van der Waals surface area contributed by atoms with Crippen LogP contribution in [0.25, 0.3) is 10.8 Å². The van der Waals surface area contributed by atoms with Crippen molar-refractivity contribution in [3.05, 3.63) is 48.0 Å². The van der Waals surface area contributed by atoms with Crippen LogP contribution in [0.5, 0.6) is 0 Å². The first-order valence-electron chi connectivity index (χ1n) is 8.40. The van der Waals surface area contributed by atoms with Gasteiger partial charge in [-0.15, -0.1) is 0 Å². The van der Waals surface area contributed by atoms with Crippen LogP contribution in [0, 0.1) is 0 Å². The minimum Gasteiger partial charge on any atom is -0.347 e. The molecule has 0 atom stereocenters. The standard InChI is InChI=1S/C19H23N3O2/c20-16-8-10-22(11-9-16)19(24)13-21-18(23)12-15-6-3-5-14-4-1-2-7-17(14)15/h1-7,16H,8-13,20H2,(H,21,23). The van der Waals surface area contributed by atoms with Gasteiger partial charge >= 0.3 is 0 Å². The van der Waals surface area contributed by atoms with Crippen LogP contribution < -0.4 is 11.1 Å². The Labute approximate surface area is 141 Å². The number of nitrogens with zero attached hydrogens (tertiary/aromatic N) is 1. The number of amides is 2. The van der Waals surface area contributed by atoms with Gasteiger partial charge in [0.1, 0.15) is 0 Å². The number of carbonyl (C=O) groups is 2. The predicted molar refractivity (Wildman–Crippen MR) is 94.5 cm³/mol. The lowest BCUT2D eigenvalue weighted by molar-refractivity contribution is -0.133. The van der Waals surface area contributed by atoms with Gasteiger partial charge in [-0.1, -0.05) is 42.5 Å². The van der Waals surface area contributed by atoms with E-state index in [1.165, 1.54) is 0 Å². The summed E-state index contributed by atoms with van der Waals surface area (Å²) in [7, 11) is 0. The lowest BCUT2D eigenvalue weighted by Gasteiger charge is -2.30. The van der Waals surface area contributed by atoms with E-state index in [0.29, 0.717) is 13.1 Å². The van der Waals surface area contributed by atoms with Crippen LogP contribution >= 0.6 is 0 Å². The molecular formula is C19H23N3O2. The largest absolute Gasteiger partial charge is 0.347 e. The third kappa shape index (κ3) is 3.92. The molecule has 2 aromatic rings. The molecule has 126 valence electrons. The number of piperidine rings is 1. The fourth-order valence-electron chi connectivity index (χ4n) is 3.12. The summed E-state index contributed by atoms with van der Waals surface area (Å²) in [5, 5.41) is 4.93. The van der Waals surface area contributed by atoms with Crippen molar-refractivity contribution >= 4 is 22.6 Å². The van der Waals surface area contributed by atoms with Crippen molar-refractivity contribution in [2.45, 2.75) is 25.3 Å². The second-order valence-electron chi connectivity index (χ2n) is 6.31. The van der Waals surface area contributed by atoms with E-state index >= 15 is 0 Å². The quantitative estimate of drug-likeness (QED) is 0.893. The highest BCUT2D eigenvalue weighted by molar-refractivity contribution is 5.91. The smallest absolute Gasteiger partial charge is 0.241 e. The summed E-state index contributed by atoms with van der Waals surface area (Å²) in [6.07, 6.45) is 1.94. The van der Waals surface area contributed by atoms with Crippen LogP contribution in [0.3, 0.4) is 0 Å². The van der Waals surface area contributed by atoms with Gasteiger partial charge in [0.05, 0.1) is 13.0 Å². The van der Waals surface area contributed by atoms with Crippen molar-refractivity contribution in [3.63, 3.8) is 0 Å². The normalized spacial score (nSPS) is 15.5. The van der Waals surface area contributed by atoms with Crippen molar-refractivity contribution in [3.8, 4) is 0 Å². The topological polar surface area (TPSA) is 75.4 Å².